The first kappa shape index (κ1) is 18.7. The summed E-state index contributed by atoms with van der Waals surface area (Å²) in [6.07, 6.45) is 0. The van der Waals surface area contributed by atoms with Gasteiger partial charge < -0.3 is 10.2 Å². The number of anilines is 1. The molecule has 126 valence electrons. The Morgan fingerprint density at radius 1 is 1.17 bits per heavy atom. The molecule has 1 N–H and O–H groups in total. The SMILES string of the molecule is CN(Cc1ccc(Cl)c(Cl)c1)C(=S)Nc1cc([N+](=O)[O-])ccc1Cl. The van der Waals surface area contributed by atoms with Gasteiger partial charge in [-0.25, -0.2) is 0 Å². The molecule has 0 heterocycles. The first-order valence-electron chi connectivity index (χ1n) is 6.68. The van der Waals surface area contributed by atoms with Gasteiger partial charge >= 0.3 is 0 Å². The van der Waals surface area contributed by atoms with Crippen LogP contribution in [0, 0.1) is 10.1 Å². The van der Waals surface area contributed by atoms with E-state index < -0.39 is 4.92 Å². The van der Waals surface area contributed by atoms with Crippen molar-refractivity contribution >= 4 is 63.5 Å². The zero-order valence-electron chi connectivity index (χ0n) is 12.4. The number of nitrogens with one attached hydrogen (secondary N) is 1. The van der Waals surface area contributed by atoms with Crippen LogP contribution in [0.15, 0.2) is 36.4 Å². The van der Waals surface area contributed by atoms with Crippen molar-refractivity contribution in [1.82, 2.24) is 4.90 Å². The van der Waals surface area contributed by atoms with Crippen molar-refractivity contribution < 1.29 is 4.92 Å². The van der Waals surface area contributed by atoms with Crippen LogP contribution in [-0.2, 0) is 6.54 Å². The van der Waals surface area contributed by atoms with Crippen LogP contribution < -0.4 is 5.32 Å². The topological polar surface area (TPSA) is 58.4 Å². The fourth-order valence-electron chi connectivity index (χ4n) is 1.92. The van der Waals surface area contributed by atoms with Gasteiger partial charge in [0.05, 0.1) is 25.7 Å². The van der Waals surface area contributed by atoms with Crippen molar-refractivity contribution in [2.24, 2.45) is 0 Å². The number of rotatable bonds is 4. The quantitative estimate of drug-likeness (QED) is 0.421. The molecular weight excluding hydrogens is 393 g/mol. The molecule has 9 heteroatoms. The highest BCUT2D eigenvalue weighted by Gasteiger charge is 2.13. The normalized spacial score (nSPS) is 10.3. The Kier molecular flexibility index (Phi) is 6.23. The fraction of sp³-hybridized carbons (Fsp3) is 0.133. The molecule has 0 radical (unpaired) electrons. The number of nitrogens with zero attached hydrogens (tertiary/aromatic N) is 2. The molecular formula is C15H12Cl3N3O2S. The Hall–Kier alpha value is -1.60. The largest absolute Gasteiger partial charge is 0.348 e. The second kappa shape index (κ2) is 7.98. The van der Waals surface area contributed by atoms with Gasteiger partial charge in [-0.15, -0.1) is 0 Å². The van der Waals surface area contributed by atoms with Gasteiger partial charge in [0.2, 0.25) is 0 Å². The molecule has 0 saturated carbocycles. The van der Waals surface area contributed by atoms with Crippen molar-refractivity contribution in [2.45, 2.75) is 6.54 Å². The molecule has 2 rings (SSSR count). The lowest BCUT2D eigenvalue weighted by atomic mass is 10.2. The Bertz CT molecular complexity index is 802. The van der Waals surface area contributed by atoms with E-state index in [1.54, 1.807) is 24.1 Å². The molecule has 0 bridgehead atoms. The first-order chi connectivity index (χ1) is 11.3. The van der Waals surface area contributed by atoms with E-state index in [1.807, 2.05) is 6.07 Å². The van der Waals surface area contributed by atoms with Gasteiger partial charge in [0.25, 0.3) is 5.69 Å². The standard InChI is InChI=1S/C15H12Cl3N3O2S/c1-20(8-9-2-4-11(16)13(18)6-9)15(24)19-14-7-10(21(22)23)3-5-12(14)17/h2-7H,8H2,1H3,(H,19,24). The van der Waals surface area contributed by atoms with E-state index in [2.05, 4.69) is 5.32 Å². The summed E-state index contributed by atoms with van der Waals surface area (Å²) in [5.41, 5.74) is 1.22. The molecule has 0 aliphatic carbocycles. The molecule has 2 aromatic carbocycles. The molecule has 24 heavy (non-hydrogen) atoms. The third-order valence-electron chi connectivity index (χ3n) is 3.15. The second-order valence-corrected chi connectivity index (χ2v) is 6.56. The number of nitro benzene ring substituents is 1. The molecule has 0 aliphatic rings. The molecule has 0 aliphatic heterocycles. The molecule has 0 spiro atoms. The predicted octanol–water partition coefficient (Wildman–Crippen LogP) is 5.38. The summed E-state index contributed by atoms with van der Waals surface area (Å²) in [6.45, 7) is 0.481. The maximum atomic E-state index is 10.9. The summed E-state index contributed by atoms with van der Waals surface area (Å²) in [5.74, 6) is 0. The summed E-state index contributed by atoms with van der Waals surface area (Å²) in [5, 5.41) is 15.4. The number of non-ortho nitro benzene ring substituents is 1. The average Bonchev–Trinajstić information content (AvgIpc) is 2.52. The monoisotopic (exact) mass is 403 g/mol. The lowest BCUT2D eigenvalue weighted by molar-refractivity contribution is -0.384. The van der Waals surface area contributed by atoms with Gasteiger partial charge in [-0.2, -0.15) is 0 Å². The molecule has 0 aromatic heterocycles. The molecule has 0 unspecified atom stereocenters. The molecule has 0 saturated heterocycles. The van der Waals surface area contributed by atoms with Crippen LogP contribution >= 0.6 is 47.0 Å². The maximum absolute atomic E-state index is 10.9. The molecule has 5 nitrogen and oxygen atoms in total. The van der Waals surface area contributed by atoms with Crippen LogP contribution in [0.2, 0.25) is 15.1 Å². The van der Waals surface area contributed by atoms with E-state index in [4.69, 9.17) is 47.0 Å². The van der Waals surface area contributed by atoms with Gasteiger partial charge in [0.15, 0.2) is 5.11 Å². The lowest BCUT2D eigenvalue weighted by Gasteiger charge is -2.21. The minimum atomic E-state index is -0.496. The number of hydrogen-bond donors (Lipinski definition) is 1. The highest BCUT2D eigenvalue weighted by Crippen LogP contribution is 2.27. The van der Waals surface area contributed by atoms with Gasteiger partial charge in [0, 0.05) is 25.7 Å². The lowest BCUT2D eigenvalue weighted by Crippen LogP contribution is -2.30. The predicted molar refractivity (Wildman–Crippen MR) is 102 cm³/mol. The van der Waals surface area contributed by atoms with Gasteiger partial charge in [0.1, 0.15) is 0 Å². The summed E-state index contributed by atoms with van der Waals surface area (Å²) in [4.78, 5) is 12.1. The number of nitro groups is 1. The van der Waals surface area contributed by atoms with Gasteiger partial charge in [-0.1, -0.05) is 40.9 Å². The fourth-order valence-corrected chi connectivity index (χ4v) is 2.58. The van der Waals surface area contributed by atoms with E-state index >= 15 is 0 Å². The number of hydrogen-bond acceptors (Lipinski definition) is 3. The third kappa shape index (κ3) is 4.70. The zero-order chi connectivity index (χ0) is 17.9. The minimum Gasteiger partial charge on any atom is -0.348 e. The molecule has 2 aromatic rings. The third-order valence-corrected chi connectivity index (χ3v) is 4.64. The van der Waals surface area contributed by atoms with E-state index in [1.165, 1.54) is 18.2 Å². The Morgan fingerprint density at radius 2 is 1.83 bits per heavy atom. The van der Waals surface area contributed by atoms with E-state index in [9.17, 15) is 10.1 Å². The van der Waals surface area contributed by atoms with E-state index in [0.29, 0.717) is 32.4 Å². The van der Waals surface area contributed by atoms with E-state index in [-0.39, 0.29) is 5.69 Å². The smallest absolute Gasteiger partial charge is 0.271 e. The zero-order valence-corrected chi connectivity index (χ0v) is 15.5. The minimum absolute atomic E-state index is 0.0724. The summed E-state index contributed by atoms with van der Waals surface area (Å²) >= 11 is 23.3. The van der Waals surface area contributed by atoms with Crippen LogP contribution in [-0.4, -0.2) is 22.0 Å². The highest BCUT2D eigenvalue weighted by molar-refractivity contribution is 7.80. The van der Waals surface area contributed by atoms with Crippen LogP contribution in [0.4, 0.5) is 11.4 Å². The number of benzene rings is 2. The highest BCUT2D eigenvalue weighted by atomic mass is 35.5. The first-order valence-corrected chi connectivity index (χ1v) is 8.22. The summed E-state index contributed by atoms with van der Waals surface area (Å²) < 4.78 is 0. The van der Waals surface area contributed by atoms with Crippen molar-refractivity contribution in [3.05, 3.63) is 67.1 Å². The average molecular weight is 405 g/mol. The summed E-state index contributed by atoms with van der Waals surface area (Å²) in [7, 11) is 1.78. The Balaban J connectivity index is 2.10. The van der Waals surface area contributed by atoms with Crippen LogP contribution in [0.25, 0.3) is 0 Å². The molecule has 0 fully saturated rings. The van der Waals surface area contributed by atoms with Crippen LogP contribution in [0.3, 0.4) is 0 Å². The summed E-state index contributed by atoms with van der Waals surface area (Å²) in [6, 6.07) is 9.42. The van der Waals surface area contributed by atoms with Crippen LogP contribution in [0.1, 0.15) is 5.56 Å². The van der Waals surface area contributed by atoms with Crippen LogP contribution in [0.5, 0.6) is 0 Å². The molecule has 0 atom stereocenters. The Morgan fingerprint density at radius 3 is 2.46 bits per heavy atom. The number of halogens is 3. The Labute approximate surface area is 159 Å². The second-order valence-electron chi connectivity index (χ2n) is 4.96. The van der Waals surface area contributed by atoms with E-state index in [0.717, 1.165) is 5.56 Å². The maximum Gasteiger partial charge on any atom is 0.271 e. The van der Waals surface area contributed by atoms with Crippen molar-refractivity contribution in [3.63, 3.8) is 0 Å². The number of thiocarbonyl (C=S) groups is 1. The van der Waals surface area contributed by atoms with Crippen molar-refractivity contribution in [1.29, 1.82) is 0 Å². The van der Waals surface area contributed by atoms with Gasteiger partial charge in [-0.05, 0) is 36.0 Å². The van der Waals surface area contributed by atoms with Crippen molar-refractivity contribution in [2.75, 3.05) is 12.4 Å². The van der Waals surface area contributed by atoms with Gasteiger partial charge in [-0.3, -0.25) is 10.1 Å². The molecule has 0 amide bonds. The van der Waals surface area contributed by atoms with Crippen molar-refractivity contribution in [3.8, 4) is 0 Å².